The Balaban J connectivity index is 2.73. The van der Waals surface area contributed by atoms with Crippen LogP contribution >= 0.6 is 0 Å². The average molecular weight is 237 g/mol. The number of amides is 1. The first-order valence-corrected chi connectivity index (χ1v) is 5.46. The topological polar surface area (TPSA) is 101 Å². The van der Waals surface area contributed by atoms with Crippen molar-refractivity contribution >= 4 is 5.91 Å². The Bertz CT molecular complexity index is 369. The Morgan fingerprint density at radius 1 is 1.47 bits per heavy atom. The van der Waals surface area contributed by atoms with Gasteiger partial charge in [-0.25, -0.2) is 0 Å². The fourth-order valence-corrected chi connectivity index (χ4v) is 1.49. The van der Waals surface area contributed by atoms with Crippen molar-refractivity contribution in [2.45, 2.75) is 18.5 Å². The smallest absolute Gasteiger partial charge is 0.235 e. The highest BCUT2D eigenvalue weighted by molar-refractivity contribution is 5.79. The van der Waals surface area contributed by atoms with E-state index in [4.69, 9.17) is 11.5 Å². The SMILES string of the molecule is CC(CO)(NCC(N)C(N)=O)c1ccccc1. The summed E-state index contributed by atoms with van der Waals surface area (Å²) in [6.45, 7) is 1.97. The molecule has 0 spiro atoms. The first-order chi connectivity index (χ1) is 7.99. The molecular weight excluding hydrogens is 218 g/mol. The van der Waals surface area contributed by atoms with Crippen LogP contribution in [-0.4, -0.2) is 30.2 Å². The number of aliphatic hydroxyl groups excluding tert-OH is 1. The lowest BCUT2D eigenvalue weighted by Gasteiger charge is -2.30. The summed E-state index contributed by atoms with van der Waals surface area (Å²) in [5.41, 5.74) is 10.9. The molecule has 1 aromatic rings. The molecule has 0 saturated carbocycles. The second-order valence-electron chi connectivity index (χ2n) is 4.25. The molecule has 0 bridgehead atoms. The Hall–Kier alpha value is -1.43. The molecule has 0 aromatic heterocycles. The summed E-state index contributed by atoms with van der Waals surface area (Å²) in [5, 5.41) is 12.5. The van der Waals surface area contributed by atoms with Crippen molar-refractivity contribution in [3.05, 3.63) is 35.9 Å². The maximum atomic E-state index is 10.8. The van der Waals surface area contributed by atoms with E-state index in [1.165, 1.54) is 0 Å². The van der Waals surface area contributed by atoms with Crippen LogP contribution in [-0.2, 0) is 10.3 Å². The number of aliphatic hydroxyl groups is 1. The van der Waals surface area contributed by atoms with Crippen LogP contribution in [0.5, 0.6) is 0 Å². The van der Waals surface area contributed by atoms with Gasteiger partial charge < -0.3 is 21.9 Å². The second-order valence-corrected chi connectivity index (χ2v) is 4.25. The molecule has 5 nitrogen and oxygen atoms in total. The number of primary amides is 1. The van der Waals surface area contributed by atoms with Crippen LogP contribution in [0.2, 0.25) is 0 Å². The van der Waals surface area contributed by atoms with Crippen LogP contribution in [0, 0.1) is 0 Å². The quantitative estimate of drug-likeness (QED) is 0.525. The van der Waals surface area contributed by atoms with Crippen LogP contribution < -0.4 is 16.8 Å². The molecule has 0 aliphatic carbocycles. The molecular formula is C12H19N3O2. The molecule has 94 valence electrons. The third-order valence-electron chi connectivity index (χ3n) is 2.80. The number of nitrogens with one attached hydrogen (secondary N) is 1. The highest BCUT2D eigenvalue weighted by Crippen LogP contribution is 2.19. The molecule has 2 unspecified atom stereocenters. The maximum absolute atomic E-state index is 10.8. The van der Waals surface area contributed by atoms with Gasteiger partial charge in [0.05, 0.1) is 18.2 Å². The number of nitrogens with two attached hydrogens (primary N) is 2. The zero-order valence-corrected chi connectivity index (χ0v) is 9.89. The lowest BCUT2D eigenvalue weighted by atomic mass is 9.92. The van der Waals surface area contributed by atoms with Crippen molar-refractivity contribution in [1.82, 2.24) is 5.32 Å². The third-order valence-corrected chi connectivity index (χ3v) is 2.80. The monoisotopic (exact) mass is 237 g/mol. The molecule has 17 heavy (non-hydrogen) atoms. The van der Waals surface area contributed by atoms with Gasteiger partial charge in [-0.15, -0.1) is 0 Å². The summed E-state index contributed by atoms with van der Waals surface area (Å²) in [7, 11) is 0. The Morgan fingerprint density at radius 3 is 2.53 bits per heavy atom. The first-order valence-electron chi connectivity index (χ1n) is 5.46. The van der Waals surface area contributed by atoms with Crippen molar-refractivity contribution in [3.8, 4) is 0 Å². The summed E-state index contributed by atoms with van der Waals surface area (Å²) < 4.78 is 0. The van der Waals surface area contributed by atoms with E-state index in [1.807, 2.05) is 37.3 Å². The van der Waals surface area contributed by atoms with Gasteiger partial charge in [0.25, 0.3) is 0 Å². The van der Waals surface area contributed by atoms with Gasteiger partial charge in [-0.1, -0.05) is 30.3 Å². The molecule has 0 aliphatic rings. The van der Waals surface area contributed by atoms with E-state index in [0.29, 0.717) is 0 Å². The fraction of sp³-hybridized carbons (Fsp3) is 0.417. The summed E-state index contributed by atoms with van der Waals surface area (Å²) in [5.74, 6) is -0.564. The molecule has 0 heterocycles. The average Bonchev–Trinajstić information content (AvgIpc) is 2.36. The Labute approximate surface area is 101 Å². The van der Waals surface area contributed by atoms with Gasteiger partial charge in [-0.05, 0) is 12.5 Å². The molecule has 0 fully saturated rings. The molecule has 0 aliphatic heterocycles. The van der Waals surface area contributed by atoms with Gasteiger partial charge in [0, 0.05) is 6.54 Å². The van der Waals surface area contributed by atoms with Gasteiger partial charge in [0.15, 0.2) is 0 Å². The predicted octanol–water partition coefficient (Wildman–Crippen LogP) is -0.704. The number of carbonyl (C=O) groups excluding carboxylic acids is 1. The van der Waals surface area contributed by atoms with Crippen LogP contribution in [0.15, 0.2) is 30.3 Å². The Morgan fingerprint density at radius 2 is 2.06 bits per heavy atom. The zero-order valence-electron chi connectivity index (χ0n) is 9.89. The number of rotatable bonds is 6. The molecule has 1 aromatic carbocycles. The molecule has 6 N–H and O–H groups in total. The lowest BCUT2D eigenvalue weighted by molar-refractivity contribution is -0.119. The van der Waals surface area contributed by atoms with Crippen LogP contribution in [0.3, 0.4) is 0 Å². The highest BCUT2D eigenvalue weighted by Gasteiger charge is 2.26. The second kappa shape index (κ2) is 5.77. The van der Waals surface area contributed by atoms with E-state index in [1.54, 1.807) is 0 Å². The van der Waals surface area contributed by atoms with E-state index in [9.17, 15) is 9.90 Å². The molecule has 1 rings (SSSR count). The maximum Gasteiger partial charge on any atom is 0.235 e. The number of carbonyl (C=O) groups is 1. The Kier molecular flexibility index (Phi) is 4.62. The summed E-state index contributed by atoms with van der Waals surface area (Å²) >= 11 is 0. The van der Waals surface area contributed by atoms with Crippen molar-refractivity contribution in [3.63, 3.8) is 0 Å². The molecule has 2 atom stereocenters. The van der Waals surface area contributed by atoms with Crippen molar-refractivity contribution in [2.75, 3.05) is 13.2 Å². The van der Waals surface area contributed by atoms with Crippen LogP contribution in [0.25, 0.3) is 0 Å². The van der Waals surface area contributed by atoms with Crippen molar-refractivity contribution < 1.29 is 9.90 Å². The minimum absolute atomic E-state index is 0.0947. The number of benzene rings is 1. The lowest BCUT2D eigenvalue weighted by Crippen LogP contribution is -2.51. The fourth-order valence-electron chi connectivity index (χ4n) is 1.49. The zero-order chi connectivity index (χ0) is 12.9. The standard InChI is InChI=1S/C12H19N3O2/c1-12(8-16,9-5-3-2-4-6-9)15-7-10(13)11(14)17/h2-6,10,15-16H,7-8,13H2,1H3,(H2,14,17). The minimum Gasteiger partial charge on any atom is -0.394 e. The molecule has 1 amide bonds. The van der Waals surface area contributed by atoms with Gasteiger partial charge in [0.1, 0.15) is 0 Å². The van der Waals surface area contributed by atoms with Crippen LogP contribution in [0.1, 0.15) is 12.5 Å². The van der Waals surface area contributed by atoms with E-state index in [2.05, 4.69) is 5.32 Å². The van der Waals surface area contributed by atoms with Crippen molar-refractivity contribution in [1.29, 1.82) is 0 Å². The van der Waals surface area contributed by atoms with E-state index in [0.717, 1.165) is 5.56 Å². The van der Waals surface area contributed by atoms with Crippen molar-refractivity contribution in [2.24, 2.45) is 11.5 Å². The van der Waals surface area contributed by atoms with Crippen LogP contribution in [0.4, 0.5) is 0 Å². The van der Waals surface area contributed by atoms with Gasteiger partial charge in [-0.3, -0.25) is 4.79 Å². The van der Waals surface area contributed by atoms with E-state index < -0.39 is 17.5 Å². The highest BCUT2D eigenvalue weighted by atomic mass is 16.3. The van der Waals surface area contributed by atoms with E-state index >= 15 is 0 Å². The van der Waals surface area contributed by atoms with Gasteiger partial charge in [-0.2, -0.15) is 0 Å². The third kappa shape index (κ3) is 3.52. The summed E-state index contributed by atoms with van der Waals surface area (Å²) in [6, 6.07) is 8.72. The first kappa shape index (κ1) is 13.6. The molecule has 0 radical (unpaired) electrons. The summed E-state index contributed by atoms with van der Waals surface area (Å²) in [4.78, 5) is 10.8. The summed E-state index contributed by atoms with van der Waals surface area (Å²) in [6.07, 6.45) is 0. The molecule has 5 heteroatoms. The normalized spacial score (nSPS) is 16.2. The van der Waals surface area contributed by atoms with E-state index in [-0.39, 0.29) is 13.2 Å². The number of hydrogen-bond donors (Lipinski definition) is 4. The van der Waals surface area contributed by atoms with Gasteiger partial charge >= 0.3 is 0 Å². The predicted molar refractivity (Wildman–Crippen MR) is 66.1 cm³/mol. The molecule has 0 saturated heterocycles. The number of hydrogen-bond acceptors (Lipinski definition) is 4. The minimum atomic E-state index is -0.760. The largest absolute Gasteiger partial charge is 0.394 e. The van der Waals surface area contributed by atoms with Gasteiger partial charge in [0.2, 0.25) is 5.91 Å².